The molecule has 156 valence electrons. The van der Waals surface area contributed by atoms with Crippen LogP contribution in [-0.4, -0.2) is 14.8 Å². The fourth-order valence-corrected chi connectivity index (χ4v) is 3.63. The monoisotopic (exact) mass is 427 g/mol. The van der Waals surface area contributed by atoms with E-state index in [0.29, 0.717) is 24.3 Å². The van der Waals surface area contributed by atoms with E-state index in [2.05, 4.69) is 20.9 Å². The fourth-order valence-electron chi connectivity index (χ4n) is 2.79. The van der Waals surface area contributed by atoms with Gasteiger partial charge in [-0.05, 0) is 49.4 Å². The van der Waals surface area contributed by atoms with Gasteiger partial charge >= 0.3 is 10.1 Å². The van der Waals surface area contributed by atoms with Crippen molar-refractivity contribution >= 4 is 27.9 Å². The lowest BCUT2D eigenvalue weighted by atomic mass is 10.2. The molecule has 9 heteroatoms. The summed E-state index contributed by atoms with van der Waals surface area (Å²) >= 11 is 0. The molecule has 2 aromatic carbocycles. The number of nitrogens with zero attached hydrogens (tertiary/aromatic N) is 1. The van der Waals surface area contributed by atoms with Crippen molar-refractivity contribution < 1.29 is 22.1 Å². The lowest BCUT2D eigenvalue weighted by Gasteiger charge is -2.10. The van der Waals surface area contributed by atoms with Crippen LogP contribution in [0.15, 0.2) is 71.8 Å². The van der Waals surface area contributed by atoms with Crippen molar-refractivity contribution in [2.45, 2.75) is 25.3 Å². The Balaban J connectivity index is 1.69. The third kappa shape index (κ3) is 5.56. The minimum Gasteiger partial charge on any atom is -0.299 e. The molecule has 3 N–H and O–H groups in total. The third-order valence-corrected chi connectivity index (χ3v) is 5.50. The first-order valence-electron chi connectivity index (χ1n) is 9.18. The van der Waals surface area contributed by atoms with Gasteiger partial charge in [-0.1, -0.05) is 12.1 Å². The minimum absolute atomic E-state index is 0.0619. The highest BCUT2D eigenvalue weighted by Gasteiger charge is 2.18. The van der Waals surface area contributed by atoms with Gasteiger partial charge in [0.2, 0.25) is 6.41 Å². The molecule has 0 saturated heterocycles. The van der Waals surface area contributed by atoms with E-state index in [1.54, 1.807) is 36.4 Å². The van der Waals surface area contributed by atoms with Gasteiger partial charge in [-0.2, -0.15) is 13.0 Å². The van der Waals surface area contributed by atoms with E-state index in [1.807, 2.05) is 38.2 Å². The largest absolute Gasteiger partial charge is 0.317 e. The van der Waals surface area contributed by atoms with Crippen molar-refractivity contribution in [1.82, 2.24) is 5.43 Å². The Hall–Kier alpha value is -3.43. The molecule has 0 radical (unpaired) electrons. The number of hydrogen-bond donors (Lipinski definition) is 3. The van der Waals surface area contributed by atoms with E-state index in [9.17, 15) is 13.2 Å². The van der Waals surface area contributed by atoms with Crippen molar-refractivity contribution in [3.05, 3.63) is 83.7 Å². The molecule has 0 saturated carbocycles. The molecular formula is C21H23N4O4S+. The Morgan fingerprint density at radius 1 is 1.00 bits per heavy atom. The average molecular weight is 428 g/mol. The number of hydrogen-bond acceptors (Lipinski definition) is 6. The van der Waals surface area contributed by atoms with Gasteiger partial charge in [-0.25, -0.2) is 5.48 Å². The number of pyridine rings is 1. The van der Waals surface area contributed by atoms with E-state index >= 15 is 0 Å². The lowest BCUT2D eigenvalue weighted by molar-refractivity contribution is -0.694. The van der Waals surface area contributed by atoms with Gasteiger partial charge in [0.25, 0.3) is 0 Å². The van der Waals surface area contributed by atoms with Crippen LogP contribution in [0.2, 0.25) is 0 Å². The molecule has 30 heavy (non-hydrogen) atoms. The van der Waals surface area contributed by atoms with Gasteiger partial charge in [0, 0.05) is 24.1 Å². The summed E-state index contributed by atoms with van der Waals surface area (Å²) in [6, 6.07) is 17.2. The molecule has 1 amide bonds. The highest BCUT2D eigenvalue weighted by Crippen LogP contribution is 2.18. The van der Waals surface area contributed by atoms with Crippen LogP contribution in [0.4, 0.5) is 11.4 Å². The van der Waals surface area contributed by atoms with Crippen LogP contribution in [0.25, 0.3) is 0 Å². The molecule has 0 bridgehead atoms. The average Bonchev–Trinajstić information content (AvgIpc) is 2.74. The Bertz CT molecular complexity index is 1130. The van der Waals surface area contributed by atoms with Gasteiger partial charge < -0.3 is 0 Å². The van der Waals surface area contributed by atoms with Gasteiger partial charge in [0.05, 0.1) is 16.3 Å². The van der Waals surface area contributed by atoms with E-state index < -0.39 is 10.1 Å². The first kappa shape index (κ1) is 21.3. The maximum absolute atomic E-state index is 12.6. The van der Waals surface area contributed by atoms with E-state index in [0.717, 1.165) is 16.8 Å². The molecule has 1 aromatic heterocycles. The highest BCUT2D eigenvalue weighted by atomic mass is 32.2. The standard InChI is InChI=1S/C21H22N4O4S/c1-16-6-7-17(2)25(13-16)14-18-4-3-5-21(12-18)30(27,28)29-24-20-10-8-19(9-11-20)23-22-15-26/h3-13,15,23-24H,14H2,1-2H3/p+1. The van der Waals surface area contributed by atoms with Gasteiger partial charge in [0.1, 0.15) is 0 Å². The molecule has 0 atom stereocenters. The molecule has 0 aliphatic carbocycles. The van der Waals surface area contributed by atoms with Crippen molar-refractivity contribution in [3.8, 4) is 0 Å². The Morgan fingerprint density at radius 2 is 1.73 bits per heavy atom. The molecule has 0 unspecified atom stereocenters. The van der Waals surface area contributed by atoms with Crippen LogP contribution in [-0.2, 0) is 25.7 Å². The Morgan fingerprint density at radius 3 is 2.47 bits per heavy atom. The van der Waals surface area contributed by atoms with Crippen LogP contribution in [0.5, 0.6) is 0 Å². The van der Waals surface area contributed by atoms with Crippen LogP contribution < -0.4 is 20.9 Å². The van der Waals surface area contributed by atoms with Gasteiger partial charge in [-0.15, -0.1) is 4.28 Å². The summed E-state index contributed by atoms with van der Waals surface area (Å²) in [6.07, 6.45) is 2.53. The smallest absolute Gasteiger partial charge is 0.299 e. The quantitative estimate of drug-likeness (QED) is 0.276. The van der Waals surface area contributed by atoms with Crippen molar-refractivity contribution in [2.24, 2.45) is 0 Å². The normalized spacial score (nSPS) is 11.0. The molecule has 0 fully saturated rings. The SMILES string of the molecule is Cc1ccc(C)[n+](Cc2cccc(S(=O)(=O)ONc3ccc(NNC=O)cc3)c2)c1. The van der Waals surface area contributed by atoms with Gasteiger partial charge in [0.15, 0.2) is 18.4 Å². The predicted molar refractivity (Wildman–Crippen MR) is 113 cm³/mol. The molecule has 0 spiro atoms. The second-order valence-corrected chi connectivity index (χ2v) is 8.27. The summed E-state index contributed by atoms with van der Waals surface area (Å²) in [4.78, 5) is 10.3. The van der Waals surface area contributed by atoms with Crippen molar-refractivity contribution in [1.29, 1.82) is 0 Å². The molecule has 0 aliphatic heterocycles. The number of carbonyl (C=O) groups is 1. The van der Waals surface area contributed by atoms with E-state index in [1.165, 1.54) is 6.07 Å². The Kier molecular flexibility index (Phi) is 6.65. The number of nitrogens with one attached hydrogen (secondary N) is 3. The zero-order valence-electron chi connectivity index (χ0n) is 16.6. The van der Waals surface area contributed by atoms with E-state index in [4.69, 9.17) is 4.28 Å². The number of anilines is 2. The molecule has 1 heterocycles. The number of aryl methyl sites for hydroxylation is 2. The van der Waals surface area contributed by atoms with E-state index in [-0.39, 0.29) is 4.90 Å². The first-order chi connectivity index (χ1) is 14.4. The van der Waals surface area contributed by atoms with Crippen molar-refractivity contribution in [3.63, 3.8) is 0 Å². The number of amides is 1. The summed E-state index contributed by atoms with van der Waals surface area (Å²) < 4.78 is 32.2. The second-order valence-electron chi connectivity index (χ2n) is 6.73. The number of rotatable bonds is 9. The number of aromatic nitrogens is 1. The topological polar surface area (TPSA) is 100 Å². The van der Waals surface area contributed by atoms with Crippen molar-refractivity contribution in [2.75, 3.05) is 10.9 Å². The zero-order chi connectivity index (χ0) is 21.6. The molecule has 8 nitrogen and oxygen atoms in total. The number of hydrazine groups is 1. The summed E-state index contributed by atoms with van der Waals surface area (Å²) in [7, 11) is -4.01. The van der Waals surface area contributed by atoms with Gasteiger partial charge in [-0.3, -0.25) is 15.6 Å². The Labute approximate surface area is 175 Å². The number of carbonyl (C=O) groups excluding carboxylic acids is 1. The maximum atomic E-state index is 12.6. The summed E-state index contributed by atoms with van der Waals surface area (Å²) in [5.74, 6) is 0. The zero-order valence-corrected chi connectivity index (χ0v) is 17.4. The molecule has 0 aliphatic rings. The van der Waals surface area contributed by atoms with Crippen LogP contribution in [0.1, 0.15) is 16.8 Å². The predicted octanol–water partition coefficient (Wildman–Crippen LogP) is 2.44. The number of benzene rings is 2. The molecule has 3 rings (SSSR count). The maximum Gasteiger partial charge on any atom is 0.317 e. The third-order valence-electron chi connectivity index (χ3n) is 4.37. The molecular weight excluding hydrogens is 404 g/mol. The fraction of sp³-hybridized carbons (Fsp3) is 0.143. The second kappa shape index (κ2) is 9.38. The van der Waals surface area contributed by atoms with Crippen LogP contribution in [0.3, 0.4) is 0 Å². The summed E-state index contributed by atoms with van der Waals surface area (Å²) in [5.41, 5.74) is 11.5. The minimum atomic E-state index is -4.01. The summed E-state index contributed by atoms with van der Waals surface area (Å²) in [6.45, 7) is 4.56. The molecule has 3 aromatic rings. The van der Waals surface area contributed by atoms with Crippen LogP contribution in [0, 0.1) is 13.8 Å². The highest BCUT2D eigenvalue weighted by molar-refractivity contribution is 7.86. The first-order valence-corrected chi connectivity index (χ1v) is 10.6. The lowest BCUT2D eigenvalue weighted by Crippen LogP contribution is -2.37. The van der Waals surface area contributed by atoms with Crippen LogP contribution >= 0.6 is 0 Å². The summed E-state index contributed by atoms with van der Waals surface area (Å²) in [5, 5.41) is 0.